The molecule has 0 aromatic carbocycles. The van der Waals surface area contributed by atoms with E-state index in [1.165, 1.54) is 12.8 Å². The van der Waals surface area contributed by atoms with Crippen LogP contribution >= 0.6 is 0 Å². The molecule has 5 nitrogen and oxygen atoms in total. The Balaban J connectivity index is 1.66. The summed E-state index contributed by atoms with van der Waals surface area (Å²) in [4.78, 5) is 17.6. The zero-order valence-corrected chi connectivity index (χ0v) is 8.61. The smallest absolute Gasteiger partial charge is 0.247 e. The van der Waals surface area contributed by atoms with Gasteiger partial charge in [0, 0.05) is 12.6 Å². The fourth-order valence-corrected chi connectivity index (χ4v) is 2.54. The fraction of sp³-hybridized carbons (Fsp3) is 0.800. The van der Waals surface area contributed by atoms with Gasteiger partial charge in [0.1, 0.15) is 18.5 Å². The summed E-state index contributed by atoms with van der Waals surface area (Å²) in [6.07, 6.45) is 2.48. The highest BCUT2D eigenvalue weighted by molar-refractivity contribution is 6.06. The number of carbonyl (C=O) groups is 1. The molecule has 1 N–H and O–H groups in total. The summed E-state index contributed by atoms with van der Waals surface area (Å²) < 4.78 is 5.74. The van der Waals surface area contributed by atoms with Gasteiger partial charge < -0.3 is 10.1 Å². The maximum absolute atomic E-state index is 11.0. The first-order valence-electron chi connectivity index (χ1n) is 5.53. The molecule has 15 heavy (non-hydrogen) atoms. The van der Waals surface area contributed by atoms with Gasteiger partial charge in [-0.3, -0.25) is 14.7 Å². The summed E-state index contributed by atoms with van der Waals surface area (Å²) in [6, 6.07) is 0.596. The van der Waals surface area contributed by atoms with E-state index in [1.807, 2.05) is 0 Å². The number of ether oxygens (including phenoxy) is 1. The molecule has 2 atom stereocenters. The van der Waals surface area contributed by atoms with E-state index in [-0.39, 0.29) is 18.6 Å². The number of carbonyl (C=O) groups excluding carboxylic acids is 1. The van der Waals surface area contributed by atoms with Crippen molar-refractivity contribution in [2.75, 3.05) is 26.2 Å². The molecule has 2 saturated heterocycles. The average molecular weight is 209 g/mol. The van der Waals surface area contributed by atoms with Crippen LogP contribution in [0.4, 0.5) is 0 Å². The van der Waals surface area contributed by atoms with Crippen molar-refractivity contribution < 1.29 is 9.53 Å². The van der Waals surface area contributed by atoms with E-state index < -0.39 is 0 Å². The van der Waals surface area contributed by atoms with E-state index in [4.69, 9.17) is 4.74 Å². The predicted octanol–water partition coefficient (Wildman–Crippen LogP) is -0.622. The molecule has 0 aromatic heterocycles. The number of nitrogens with zero attached hydrogens (tertiary/aromatic N) is 2. The fourth-order valence-electron chi connectivity index (χ4n) is 2.54. The van der Waals surface area contributed by atoms with Crippen molar-refractivity contribution in [2.24, 2.45) is 4.99 Å². The summed E-state index contributed by atoms with van der Waals surface area (Å²) >= 11 is 0. The topological polar surface area (TPSA) is 53.9 Å². The van der Waals surface area contributed by atoms with E-state index in [1.54, 1.807) is 0 Å². The van der Waals surface area contributed by atoms with Crippen LogP contribution in [0, 0.1) is 0 Å². The summed E-state index contributed by atoms with van der Waals surface area (Å²) in [7, 11) is 0. The number of morpholine rings is 1. The van der Waals surface area contributed by atoms with Crippen LogP contribution in [0.3, 0.4) is 0 Å². The van der Waals surface area contributed by atoms with Crippen LogP contribution in [-0.4, -0.2) is 55.0 Å². The third-order valence-electron chi connectivity index (χ3n) is 3.35. The molecule has 2 fully saturated rings. The Morgan fingerprint density at radius 3 is 3.27 bits per heavy atom. The van der Waals surface area contributed by atoms with Crippen molar-refractivity contribution in [3.05, 3.63) is 0 Å². The van der Waals surface area contributed by atoms with E-state index in [9.17, 15) is 4.79 Å². The van der Waals surface area contributed by atoms with Gasteiger partial charge >= 0.3 is 0 Å². The van der Waals surface area contributed by atoms with Crippen molar-refractivity contribution in [3.8, 4) is 0 Å². The quantitative estimate of drug-likeness (QED) is 0.626. The van der Waals surface area contributed by atoms with Crippen LogP contribution < -0.4 is 5.32 Å². The highest BCUT2D eigenvalue weighted by Gasteiger charge is 2.35. The summed E-state index contributed by atoms with van der Waals surface area (Å²) in [5.41, 5.74) is 0. The molecular formula is C10H15N3O2. The number of amides is 1. The molecule has 0 aromatic rings. The highest BCUT2D eigenvalue weighted by Crippen LogP contribution is 2.23. The van der Waals surface area contributed by atoms with Gasteiger partial charge in [-0.15, -0.1) is 0 Å². The zero-order valence-electron chi connectivity index (χ0n) is 8.61. The van der Waals surface area contributed by atoms with Crippen molar-refractivity contribution >= 4 is 11.7 Å². The lowest BCUT2D eigenvalue weighted by molar-refractivity contribution is -0.117. The maximum Gasteiger partial charge on any atom is 0.247 e. The minimum Gasteiger partial charge on any atom is -0.367 e. The summed E-state index contributed by atoms with van der Waals surface area (Å²) in [5, 5.41) is 2.76. The number of rotatable bonds is 1. The first-order chi connectivity index (χ1) is 7.33. The average Bonchev–Trinajstić information content (AvgIpc) is 2.84. The number of hydrogen-bond acceptors (Lipinski definition) is 4. The molecule has 82 valence electrons. The Kier molecular flexibility index (Phi) is 2.21. The molecule has 0 bridgehead atoms. The van der Waals surface area contributed by atoms with Gasteiger partial charge in [-0.2, -0.15) is 0 Å². The van der Waals surface area contributed by atoms with Gasteiger partial charge in [0.2, 0.25) is 5.91 Å². The van der Waals surface area contributed by atoms with Crippen molar-refractivity contribution in [3.63, 3.8) is 0 Å². The van der Waals surface area contributed by atoms with Gasteiger partial charge in [-0.05, 0) is 19.4 Å². The van der Waals surface area contributed by atoms with E-state index in [0.717, 1.165) is 25.5 Å². The third-order valence-corrected chi connectivity index (χ3v) is 3.35. The SMILES string of the molecule is O=C1CN=C(C2CN3CCCC3CO2)N1. The second-order valence-corrected chi connectivity index (χ2v) is 4.36. The number of fused-ring (bicyclic) bond motifs is 1. The van der Waals surface area contributed by atoms with Gasteiger partial charge in [0.05, 0.1) is 6.61 Å². The summed E-state index contributed by atoms with van der Waals surface area (Å²) in [5.74, 6) is 0.711. The minimum atomic E-state index is -0.0224. The molecule has 2 unspecified atom stereocenters. The molecule has 5 heteroatoms. The molecule has 1 amide bonds. The molecule has 3 rings (SSSR count). The van der Waals surface area contributed by atoms with Gasteiger partial charge in [-0.1, -0.05) is 0 Å². The molecule has 0 radical (unpaired) electrons. The van der Waals surface area contributed by atoms with Crippen LogP contribution in [0.15, 0.2) is 4.99 Å². The standard InChI is InChI=1S/C10H15N3O2/c14-9-4-11-10(12-9)8-5-13-3-1-2-7(13)6-15-8/h7-8H,1-6H2,(H,11,12,14). The molecule has 0 spiro atoms. The van der Waals surface area contributed by atoms with Crippen LogP contribution in [0.5, 0.6) is 0 Å². The van der Waals surface area contributed by atoms with Crippen molar-refractivity contribution in [2.45, 2.75) is 25.0 Å². The second-order valence-electron chi connectivity index (χ2n) is 4.36. The first-order valence-corrected chi connectivity index (χ1v) is 5.53. The Bertz CT molecular complexity index is 316. The number of hydrogen-bond donors (Lipinski definition) is 1. The van der Waals surface area contributed by atoms with Crippen LogP contribution in [0.25, 0.3) is 0 Å². The van der Waals surface area contributed by atoms with Crippen molar-refractivity contribution in [1.82, 2.24) is 10.2 Å². The molecule has 0 aliphatic carbocycles. The molecule has 3 aliphatic heterocycles. The van der Waals surface area contributed by atoms with Gasteiger partial charge in [0.15, 0.2) is 0 Å². The van der Waals surface area contributed by atoms with Crippen LogP contribution in [0.1, 0.15) is 12.8 Å². The number of nitrogens with one attached hydrogen (secondary N) is 1. The van der Waals surface area contributed by atoms with Gasteiger partial charge in [0.25, 0.3) is 0 Å². The van der Waals surface area contributed by atoms with E-state index in [0.29, 0.717) is 6.04 Å². The first kappa shape index (κ1) is 9.30. The molecular weight excluding hydrogens is 194 g/mol. The molecule has 3 aliphatic rings. The lowest BCUT2D eigenvalue weighted by Crippen LogP contribution is -2.51. The number of aliphatic imine (C=N–C) groups is 1. The molecule has 3 heterocycles. The zero-order chi connectivity index (χ0) is 10.3. The van der Waals surface area contributed by atoms with E-state index >= 15 is 0 Å². The highest BCUT2D eigenvalue weighted by atomic mass is 16.5. The lowest BCUT2D eigenvalue weighted by Gasteiger charge is -2.34. The Hall–Kier alpha value is -0.940. The van der Waals surface area contributed by atoms with Gasteiger partial charge in [-0.25, -0.2) is 0 Å². The normalized spacial score (nSPS) is 36.3. The number of amidine groups is 1. The lowest BCUT2D eigenvalue weighted by atomic mass is 10.2. The Morgan fingerprint density at radius 2 is 2.47 bits per heavy atom. The monoisotopic (exact) mass is 209 g/mol. The van der Waals surface area contributed by atoms with E-state index in [2.05, 4.69) is 15.2 Å². The largest absolute Gasteiger partial charge is 0.367 e. The third kappa shape index (κ3) is 1.66. The summed E-state index contributed by atoms with van der Waals surface area (Å²) in [6.45, 7) is 3.08. The van der Waals surface area contributed by atoms with Crippen LogP contribution in [0.2, 0.25) is 0 Å². The predicted molar refractivity (Wildman–Crippen MR) is 54.8 cm³/mol. The molecule has 0 saturated carbocycles. The van der Waals surface area contributed by atoms with Crippen LogP contribution in [-0.2, 0) is 9.53 Å². The Morgan fingerprint density at radius 1 is 1.53 bits per heavy atom. The van der Waals surface area contributed by atoms with Crippen molar-refractivity contribution in [1.29, 1.82) is 0 Å². The second kappa shape index (κ2) is 3.57. The maximum atomic E-state index is 11.0. The minimum absolute atomic E-state index is 0.0165. The Labute approximate surface area is 88.5 Å².